The summed E-state index contributed by atoms with van der Waals surface area (Å²) in [6.07, 6.45) is 16.4. The van der Waals surface area contributed by atoms with Gasteiger partial charge in [0, 0.05) is 12.8 Å². The second-order valence-corrected chi connectivity index (χ2v) is 16.9. The predicted molar refractivity (Wildman–Crippen MR) is 234 cm³/mol. The number of esters is 2. The van der Waals surface area contributed by atoms with Crippen LogP contribution in [0.4, 0.5) is 0 Å². The summed E-state index contributed by atoms with van der Waals surface area (Å²) in [7, 11) is 0. The molecule has 0 bridgehead atoms. The lowest BCUT2D eigenvalue weighted by molar-refractivity contribution is -0.332. The van der Waals surface area contributed by atoms with Crippen LogP contribution in [0.25, 0.3) is 0 Å². The van der Waals surface area contributed by atoms with Crippen molar-refractivity contribution in [3.05, 3.63) is 24.3 Å². The number of rotatable bonds is 36. The van der Waals surface area contributed by atoms with Gasteiger partial charge in [0.05, 0.1) is 19.8 Å². The summed E-state index contributed by atoms with van der Waals surface area (Å²) in [5.74, 6) is -0.939. The number of unbranched alkanes of at least 4 members (excludes halogenated alkanes) is 18. The van der Waals surface area contributed by atoms with Crippen LogP contribution in [-0.4, -0.2) is 142 Å². The molecule has 0 aromatic rings. The van der Waals surface area contributed by atoms with Gasteiger partial charge in [-0.15, -0.1) is 0 Å². The Hall–Kier alpha value is -2.02. The minimum Gasteiger partial charge on any atom is -0.462 e. The molecule has 2 aliphatic rings. The maximum absolute atomic E-state index is 12.9. The Bertz CT molecular complexity index is 1180. The van der Waals surface area contributed by atoms with Crippen molar-refractivity contribution in [2.75, 3.05) is 26.4 Å². The van der Waals surface area contributed by atoms with E-state index in [4.69, 9.17) is 28.4 Å². The largest absolute Gasteiger partial charge is 0.462 e. The maximum Gasteiger partial charge on any atom is 0.306 e. The fourth-order valence-electron chi connectivity index (χ4n) is 7.42. The van der Waals surface area contributed by atoms with Crippen molar-refractivity contribution in [2.45, 2.75) is 235 Å². The summed E-state index contributed by atoms with van der Waals surface area (Å²) in [6, 6.07) is 0. The van der Waals surface area contributed by atoms with Crippen LogP contribution in [0.3, 0.4) is 0 Å². The third-order valence-corrected chi connectivity index (χ3v) is 11.4. The Morgan fingerprint density at radius 2 is 0.968 bits per heavy atom. The molecule has 0 spiro atoms. The molecule has 2 rings (SSSR count). The zero-order valence-electron chi connectivity index (χ0n) is 37.9. The molecule has 2 fully saturated rings. The number of aliphatic hydroxyl groups is 7. The molecule has 0 aliphatic carbocycles. The Morgan fingerprint density at radius 3 is 1.53 bits per heavy atom. The van der Waals surface area contributed by atoms with Crippen LogP contribution in [0.2, 0.25) is 0 Å². The van der Waals surface area contributed by atoms with E-state index in [0.29, 0.717) is 12.8 Å². The van der Waals surface area contributed by atoms with Crippen molar-refractivity contribution in [3.8, 4) is 0 Å². The first-order valence-corrected chi connectivity index (χ1v) is 23.9. The van der Waals surface area contributed by atoms with Gasteiger partial charge in [-0.2, -0.15) is 0 Å². The maximum atomic E-state index is 12.9. The smallest absolute Gasteiger partial charge is 0.306 e. The van der Waals surface area contributed by atoms with Crippen LogP contribution in [0.1, 0.15) is 168 Å². The first kappa shape index (κ1) is 56.1. The van der Waals surface area contributed by atoms with E-state index in [0.717, 1.165) is 64.2 Å². The highest BCUT2D eigenvalue weighted by atomic mass is 16.7. The molecule has 62 heavy (non-hydrogen) atoms. The normalized spacial score (nSPS) is 27.2. The number of ether oxygens (including phenoxy) is 6. The molecule has 0 amide bonds. The van der Waals surface area contributed by atoms with Gasteiger partial charge in [0.2, 0.25) is 0 Å². The van der Waals surface area contributed by atoms with E-state index >= 15 is 0 Å². The summed E-state index contributed by atoms with van der Waals surface area (Å²) >= 11 is 0. The fourth-order valence-corrected chi connectivity index (χ4v) is 7.42. The van der Waals surface area contributed by atoms with Crippen molar-refractivity contribution in [1.29, 1.82) is 0 Å². The molecule has 2 heterocycles. The number of aliphatic hydroxyl groups excluding tert-OH is 7. The Balaban J connectivity index is 1.84. The fraction of sp³-hybridized carbons (Fsp3) is 0.872. The van der Waals surface area contributed by atoms with Crippen molar-refractivity contribution in [1.82, 2.24) is 0 Å². The zero-order chi connectivity index (χ0) is 45.4. The third kappa shape index (κ3) is 23.8. The molecule has 15 heteroatoms. The molecule has 7 N–H and O–H groups in total. The molecule has 0 saturated carbocycles. The van der Waals surface area contributed by atoms with E-state index in [2.05, 4.69) is 38.2 Å². The molecule has 15 nitrogen and oxygen atoms in total. The highest BCUT2D eigenvalue weighted by molar-refractivity contribution is 5.70. The lowest BCUT2D eigenvalue weighted by atomic mass is 9.98. The van der Waals surface area contributed by atoms with Gasteiger partial charge in [-0.1, -0.05) is 134 Å². The number of carbonyl (C=O) groups excluding carboxylic acids is 2. The van der Waals surface area contributed by atoms with Gasteiger partial charge < -0.3 is 64.2 Å². The van der Waals surface area contributed by atoms with E-state index in [1.54, 1.807) is 0 Å². The molecule has 0 unspecified atom stereocenters. The minimum absolute atomic E-state index is 0.165. The van der Waals surface area contributed by atoms with E-state index in [9.17, 15) is 45.3 Å². The van der Waals surface area contributed by atoms with Crippen molar-refractivity contribution in [2.24, 2.45) is 0 Å². The zero-order valence-corrected chi connectivity index (χ0v) is 37.9. The number of hydrogen-bond donors (Lipinski definition) is 7. The summed E-state index contributed by atoms with van der Waals surface area (Å²) in [5.41, 5.74) is 0. The van der Waals surface area contributed by atoms with Crippen LogP contribution in [0.5, 0.6) is 0 Å². The predicted octanol–water partition coefficient (Wildman–Crippen LogP) is 5.60. The average molecular weight is 889 g/mol. The number of hydrogen-bond acceptors (Lipinski definition) is 15. The van der Waals surface area contributed by atoms with E-state index < -0.39 is 92.7 Å². The first-order valence-electron chi connectivity index (χ1n) is 23.9. The van der Waals surface area contributed by atoms with Crippen LogP contribution >= 0.6 is 0 Å². The van der Waals surface area contributed by atoms with E-state index in [1.165, 1.54) is 64.2 Å². The lowest BCUT2D eigenvalue weighted by Crippen LogP contribution is -2.61. The van der Waals surface area contributed by atoms with Crippen LogP contribution in [0, 0.1) is 0 Å². The lowest BCUT2D eigenvalue weighted by Gasteiger charge is -2.42. The number of carbonyl (C=O) groups is 2. The van der Waals surface area contributed by atoms with Gasteiger partial charge in [-0.25, -0.2) is 0 Å². The topological polar surface area (TPSA) is 231 Å². The van der Waals surface area contributed by atoms with Crippen LogP contribution in [0.15, 0.2) is 24.3 Å². The van der Waals surface area contributed by atoms with E-state index in [-0.39, 0.29) is 26.1 Å². The molecular weight excluding hydrogens is 805 g/mol. The molecule has 0 radical (unpaired) electrons. The monoisotopic (exact) mass is 889 g/mol. The van der Waals surface area contributed by atoms with Crippen molar-refractivity contribution in [3.63, 3.8) is 0 Å². The molecule has 2 saturated heterocycles. The average Bonchev–Trinajstić information content (AvgIpc) is 3.26. The van der Waals surface area contributed by atoms with E-state index in [1.807, 2.05) is 0 Å². The second kappa shape index (κ2) is 35.3. The van der Waals surface area contributed by atoms with Gasteiger partial charge in [0.25, 0.3) is 0 Å². The Kier molecular flexibility index (Phi) is 31.9. The highest BCUT2D eigenvalue weighted by Gasteiger charge is 2.47. The van der Waals surface area contributed by atoms with Crippen molar-refractivity contribution < 1.29 is 73.8 Å². The summed E-state index contributed by atoms with van der Waals surface area (Å²) in [6.45, 7) is 2.53. The minimum atomic E-state index is -1.76. The summed E-state index contributed by atoms with van der Waals surface area (Å²) in [5, 5.41) is 71.9. The molecular formula is C47H84O15. The Labute approximate surface area is 371 Å². The van der Waals surface area contributed by atoms with Crippen LogP contribution in [-0.2, 0) is 38.0 Å². The third-order valence-electron chi connectivity index (χ3n) is 11.4. The second-order valence-electron chi connectivity index (χ2n) is 16.9. The number of allylic oxidation sites excluding steroid dienone is 4. The van der Waals surface area contributed by atoms with Gasteiger partial charge in [-0.3, -0.25) is 9.59 Å². The molecule has 0 aromatic heterocycles. The molecule has 2 aliphatic heterocycles. The summed E-state index contributed by atoms with van der Waals surface area (Å²) in [4.78, 5) is 25.6. The molecule has 11 atom stereocenters. The summed E-state index contributed by atoms with van der Waals surface area (Å²) < 4.78 is 33.5. The molecule has 362 valence electrons. The Morgan fingerprint density at radius 1 is 0.516 bits per heavy atom. The first-order chi connectivity index (χ1) is 30.0. The van der Waals surface area contributed by atoms with Gasteiger partial charge in [0.15, 0.2) is 18.7 Å². The van der Waals surface area contributed by atoms with Gasteiger partial charge >= 0.3 is 11.9 Å². The SMILES string of the molecule is CCCCC/C=C\C/C=C\CCCCCCCC(=O)OC[C@@H](CO[C@@H]1O[C@H](CO[C@H]2O[C@H](CO)[C@H](O)[C@H](O)[C@H]2O)[C@H](O)[C@H](O)[C@H]1O)OC(=O)CCCCCCCCCCCCC. The van der Waals surface area contributed by atoms with Gasteiger partial charge in [-0.05, 0) is 44.9 Å². The van der Waals surface area contributed by atoms with Crippen LogP contribution < -0.4 is 0 Å². The quantitative estimate of drug-likeness (QED) is 0.0231. The standard InChI is InChI=1S/C47H84O15/c1-3-5-7-9-11-13-15-16-17-18-20-21-23-25-27-29-38(49)57-32-35(60-39(50)30-28-26-24-22-19-14-12-10-8-6-4-2)33-58-46-45(56)43(54)41(52)37(62-46)34-59-47-44(55)42(53)40(51)36(31-48)61-47/h11,13,16-17,35-37,40-48,51-56H,3-10,12,14-15,18-34H2,1-2H3/b13-11-,17-16-/t35-,36+,37+,40-,41-,42-,43-,44+,45+,46+,47-/m0/s1. The van der Waals surface area contributed by atoms with Gasteiger partial charge in [0.1, 0.15) is 55.4 Å². The van der Waals surface area contributed by atoms with Crippen molar-refractivity contribution >= 4 is 11.9 Å². The molecule has 0 aromatic carbocycles. The highest BCUT2D eigenvalue weighted by Crippen LogP contribution is 2.26.